The number of likely N-dealkylation sites (N-methyl/N-ethyl adjacent to an activating group) is 1. The van der Waals surface area contributed by atoms with Crippen LogP contribution < -0.4 is 0 Å². The molecule has 94 valence electrons. The maximum Gasteiger partial charge on any atom is 0.323 e. The van der Waals surface area contributed by atoms with E-state index in [2.05, 4.69) is 32.0 Å². The molecule has 0 unspecified atom stereocenters. The van der Waals surface area contributed by atoms with E-state index in [1.165, 1.54) is 11.1 Å². The van der Waals surface area contributed by atoms with Gasteiger partial charge in [-0.2, -0.15) is 0 Å². The number of carboxylic acids is 1. The molecule has 0 aliphatic carbocycles. The Labute approximate surface area is 103 Å². The summed E-state index contributed by atoms with van der Waals surface area (Å²) in [5.74, 6) is -0.802. The molecule has 0 amide bonds. The van der Waals surface area contributed by atoms with Gasteiger partial charge in [0.1, 0.15) is 5.54 Å². The van der Waals surface area contributed by atoms with E-state index >= 15 is 0 Å². The second kappa shape index (κ2) is 4.88. The number of hydrogen-bond acceptors (Lipinski definition) is 2. The van der Waals surface area contributed by atoms with Crippen molar-refractivity contribution < 1.29 is 9.90 Å². The van der Waals surface area contributed by atoms with Crippen LogP contribution in [-0.4, -0.2) is 28.6 Å². The number of hydrogen-bond donors (Lipinski definition) is 1. The molecular formula is C14H21NO2. The first-order chi connectivity index (χ1) is 7.73. The molecule has 1 aromatic carbocycles. The van der Waals surface area contributed by atoms with Gasteiger partial charge in [-0.05, 0) is 40.3 Å². The number of nitrogens with zero attached hydrogens (tertiary/aromatic N) is 1. The van der Waals surface area contributed by atoms with Gasteiger partial charge in [-0.3, -0.25) is 9.69 Å². The van der Waals surface area contributed by atoms with Crippen LogP contribution >= 0.6 is 0 Å². The monoisotopic (exact) mass is 235 g/mol. The van der Waals surface area contributed by atoms with Crippen molar-refractivity contribution in [3.05, 3.63) is 34.9 Å². The average Bonchev–Trinajstić information content (AvgIpc) is 2.15. The summed E-state index contributed by atoms with van der Waals surface area (Å²) >= 11 is 0. The fourth-order valence-electron chi connectivity index (χ4n) is 1.80. The second-order valence-corrected chi connectivity index (χ2v) is 5.22. The van der Waals surface area contributed by atoms with Crippen molar-refractivity contribution in [1.82, 2.24) is 4.90 Å². The highest BCUT2D eigenvalue weighted by Gasteiger charge is 2.31. The molecular weight excluding hydrogens is 214 g/mol. The number of carbonyl (C=O) groups is 1. The Morgan fingerprint density at radius 3 is 2.12 bits per heavy atom. The lowest BCUT2D eigenvalue weighted by Gasteiger charge is -2.31. The van der Waals surface area contributed by atoms with Crippen LogP contribution in [0.3, 0.4) is 0 Å². The Morgan fingerprint density at radius 2 is 1.71 bits per heavy atom. The van der Waals surface area contributed by atoms with Gasteiger partial charge in [-0.25, -0.2) is 0 Å². The average molecular weight is 235 g/mol. The number of benzene rings is 1. The molecule has 0 fully saturated rings. The van der Waals surface area contributed by atoms with Gasteiger partial charge in [0.2, 0.25) is 0 Å². The molecule has 0 saturated carbocycles. The number of carboxylic acid groups (broad SMARTS) is 1. The minimum Gasteiger partial charge on any atom is -0.480 e. The van der Waals surface area contributed by atoms with Gasteiger partial charge >= 0.3 is 5.97 Å². The quantitative estimate of drug-likeness (QED) is 0.872. The summed E-state index contributed by atoms with van der Waals surface area (Å²) < 4.78 is 0. The molecule has 0 bridgehead atoms. The first-order valence-electron chi connectivity index (χ1n) is 5.75. The normalized spacial score (nSPS) is 11.9. The summed E-state index contributed by atoms with van der Waals surface area (Å²) in [6, 6.07) is 6.31. The van der Waals surface area contributed by atoms with Crippen LogP contribution in [0.4, 0.5) is 0 Å². The topological polar surface area (TPSA) is 40.5 Å². The van der Waals surface area contributed by atoms with Crippen LogP contribution in [0.1, 0.15) is 30.5 Å². The molecule has 0 aromatic heterocycles. The van der Waals surface area contributed by atoms with Gasteiger partial charge in [0.05, 0.1) is 0 Å². The molecule has 0 heterocycles. The van der Waals surface area contributed by atoms with E-state index in [1.54, 1.807) is 13.8 Å². The van der Waals surface area contributed by atoms with Gasteiger partial charge in [0, 0.05) is 6.54 Å². The van der Waals surface area contributed by atoms with Gasteiger partial charge in [0.15, 0.2) is 0 Å². The first-order valence-corrected chi connectivity index (χ1v) is 5.75. The van der Waals surface area contributed by atoms with Crippen molar-refractivity contribution in [1.29, 1.82) is 0 Å². The molecule has 17 heavy (non-hydrogen) atoms. The van der Waals surface area contributed by atoms with E-state index in [9.17, 15) is 4.79 Å². The number of aryl methyl sites for hydroxylation is 2. The van der Waals surface area contributed by atoms with E-state index in [0.717, 1.165) is 5.56 Å². The van der Waals surface area contributed by atoms with Gasteiger partial charge in [-0.15, -0.1) is 0 Å². The lowest BCUT2D eigenvalue weighted by molar-refractivity contribution is -0.148. The fourth-order valence-corrected chi connectivity index (χ4v) is 1.80. The lowest BCUT2D eigenvalue weighted by atomic mass is 10.0. The summed E-state index contributed by atoms with van der Waals surface area (Å²) in [5.41, 5.74) is 2.72. The van der Waals surface area contributed by atoms with Crippen LogP contribution in [-0.2, 0) is 11.3 Å². The van der Waals surface area contributed by atoms with Crippen LogP contribution in [0, 0.1) is 13.8 Å². The predicted molar refractivity (Wildman–Crippen MR) is 69.1 cm³/mol. The van der Waals surface area contributed by atoms with Crippen LogP contribution in [0.15, 0.2) is 18.2 Å². The minimum atomic E-state index is -0.850. The second-order valence-electron chi connectivity index (χ2n) is 5.22. The molecule has 3 nitrogen and oxygen atoms in total. The third kappa shape index (κ3) is 3.30. The number of aliphatic carboxylic acids is 1. The van der Waals surface area contributed by atoms with Crippen molar-refractivity contribution in [2.45, 2.75) is 39.8 Å². The Bertz CT molecular complexity index is 404. The smallest absolute Gasteiger partial charge is 0.323 e. The Kier molecular flexibility index (Phi) is 3.94. The Morgan fingerprint density at radius 1 is 1.24 bits per heavy atom. The zero-order valence-electron chi connectivity index (χ0n) is 11.2. The summed E-state index contributed by atoms with van der Waals surface area (Å²) in [6.07, 6.45) is 0. The van der Waals surface area contributed by atoms with Crippen molar-refractivity contribution >= 4 is 5.97 Å². The largest absolute Gasteiger partial charge is 0.480 e. The first kappa shape index (κ1) is 13.7. The molecule has 0 aliphatic rings. The molecule has 3 heteroatoms. The zero-order chi connectivity index (χ0) is 13.2. The standard InChI is InChI=1S/C14H21NO2/c1-10-6-11(2)8-12(7-10)9-15(5)14(3,4)13(16)17/h6-8H,9H2,1-5H3,(H,16,17). The Hall–Kier alpha value is -1.35. The third-order valence-electron chi connectivity index (χ3n) is 3.18. The summed E-state index contributed by atoms with van der Waals surface area (Å²) in [5, 5.41) is 9.16. The van der Waals surface area contributed by atoms with E-state index in [0.29, 0.717) is 6.54 Å². The lowest BCUT2D eigenvalue weighted by Crippen LogP contribution is -2.47. The fraction of sp³-hybridized carbons (Fsp3) is 0.500. The molecule has 1 N–H and O–H groups in total. The highest BCUT2D eigenvalue weighted by Crippen LogP contribution is 2.17. The third-order valence-corrected chi connectivity index (χ3v) is 3.18. The predicted octanol–water partition coefficient (Wildman–Crippen LogP) is 2.60. The van der Waals surface area contributed by atoms with Crippen LogP contribution in [0.5, 0.6) is 0 Å². The van der Waals surface area contributed by atoms with Crippen LogP contribution in [0.2, 0.25) is 0 Å². The van der Waals surface area contributed by atoms with Crippen molar-refractivity contribution in [2.75, 3.05) is 7.05 Å². The maximum absolute atomic E-state index is 11.1. The molecule has 0 spiro atoms. The molecule has 0 saturated heterocycles. The van der Waals surface area contributed by atoms with Gasteiger partial charge in [0.25, 0.3) is 0 Å². The Balaban J connectivity index is 2.88. The highest BCUT2D eigenvalue weighted by atomic mass is 16.4. The molecule has 1 aromatic rings. The van der Waals surface area contributed by atoms with E-state index < -0.39 is 11.5 Å². The summed E-state index contributed by atoms with van der Waals surface area (Å²) in [6.45, 7) is 8.19. The minimum absolute atomic E-state index is 0.641. The van der Waals surface area contributed by atoms with Crippen molar-refractivity contribution in [2.24, 2.45) is 0 Å². The highest BCUT2D eigenvalue weighted by molar-refractivity contribution is 5.77. The van der Waals surface area contributed by atoms with E-state index in [4.69, 9.17) is 5.11 Å². The zero-order valence-corrected chi connectivity index (χ0v) is 11.2. The van der Waals surface area contributed by atoms with Gasteiger partial charge in [-0.1, -0.05) is 29.3 Å². The maximum atomic E-state index is 11.1. The van der Waals surface area contributed by atoms with E-state index in [-0.39, 0.29) is 0 Å². The van der Waals surface area contributed by atoms with Crippen molar-refractivity contribution in [3.8, 4) is 0 Å². The van der Waals surface area contributed by atoms with Crippen LogP contribution in [0.25, 0.3) is 0 Å². The number of rotatable bonds is 4. The molecule has 0 radical (unpaired) electrons. The molecule has 1 rings (SSSR count). The van der Waals surface area contributed by atoms with Gasteiger partial charge < -0.3 is 5.11 Å². The summed E-state index contributed by atoms with van der Waals surface area (Å²) in [4.78, 5) is 13.0. The molecule has 0 aliphatic heterocycles. The summed E-state index contributed by atoms with van der Waals surface area (Å²) in [7, 11) is 1.84. The molecule has 0 atom stereocenters. The SMILES string of the molecule is Cc1cc(C)cc(CN(C)C(C)(C)C(=O)O)c1. The van der Waals surface area contributed by atoms with Crippen molar-refractivity contribution in [3.63, 3.8) is 0 Å². The van der Waals surface area contributed by atoms with E-state index in [1.807, 2.05) is 11.9 Å².